The largest absolute Gasteiger partial charge is 0.508 e. The van der Waals surface area contributed by atoms with E-state index in [1.807, 2.05) is 12.1 Å². The number of rotatable bonds is 3. The van der Waals surface area contributed by atoms with Crippen LogP contribution in [-0.4, -0.2) is 25.9 Å². The Bertz CT molecular complexity index is 1360. The van der Waals surface area contributed by atoms with Crippen molar-refractivity contribution in [1.82, 2.24) is 13.7 Å². The van der Waals surface area contributed by atoms with Gasteiger partial charge in [-0.05, 0) is 29.8 Å². The van der Waals surface area contributed by atoms with Crippen LogP contribution < -0.4 is 16.0 Å². The summed E-state index contributed by atoms with van der Waals surface area (Å²) in [7, 11) is 4.57. The van der Waals surface area contributed by atoms with Crippen molar-refractivity contribution in [2.24, 2.45) is 14.1 Å². The summed E-state index contributed by atoms with van der Waals surface area (Å²) in [5.41, 5.74) is 1.62. The maximum absolute atomic E-state index is 13.1. The number of aromatic nitrogens is 3. The van der Waals surface area contributed by atoms with Gasteiger partial charge < -0.3 is 14.4 Å². The van der Waals surface area contributed by atoms with E-state index in [1.54, 1.807) is 36.0 Å². The first-order valence-corrected chi connectivity index (χ1v) is 9.15. The fourth-order valence-corrected chi connectivity index (χ4v) is 3.61. The van der Waals surface area contributed by atoms with E-state index in [2.05, 4.69) is 0 Å². The van der Waals surface area contributed by atoms with Crippen molar-refractivity contribution in [1.29, 1.82) is 0 Å². The third-order valence-corrected chi connectivity index (χ3v) is 5.23. The molecule has 4 aromatic rings. The fourth-order valence-electron chi connectivity index (χ4n) is 3.49. The summed E-state index contributed by atoms with van der Waals surface area (Å²) in [6, 6.07) is 11.8. The molecule has 0 fully saturated rings. The number of hydrogen-bond donors (Lipinski definition) is 1. The summed E-state index contributed by atoms with van der Waals surface area (Å²) < 4.78 is 9.74. The molecule has 2 aromatic carbocycles. The molecule has 0 unspecified atom stereocenters. The topological polar surface area (TPSA) is 78.4 Å². The quantitative estimate of drug-likeness (QED) is 0.562. The SMILES string of the molecule is COc1cc(O)ccc1-n1cc2c(c1-c1ccc(Cl)cc1)c(=O)n(C)c(=O)n2C. The Balaban J connectivity index is 2.21. The highest BCUT2D eigenvalue weighted by Crippen LogP contribution is 2.35. The normalized spacial score (nSPS) is 11.2. The Kier molecular flexibility index (Phi) is 4.47. The number of hydrogen-bond acceptors (Lipinski definition) is 4. The first kappa shape index (κ1) is 18.9. The molecule has 1 N–H and O–H groups in total. The Morgan fingerprint density at radius 1 is 1.00 bits per heavy atom. The van der Waals surface area contributed by atoms with Crippen molar-refractivity contribution < 1.29 is 9.84 Å². The zero-order valence-electron chi connectivity index (χ0n) is 16.0. The van der Waals surface area contributed by atoms with Crippen LogP contribution in [0.1, 0.15) is 0 Å². The lowest BCUT2D eigenvalue weighted by atomic mass is 10.1. The van der Waals surface area contributed by atoms with Crippen molar-refractivity contribution in [3.63, 3.8) is 0 Å². The van der Waals surface area contributed by atoms with E-state index >= 15 is 0 Å². The molecule has 0 radical (unpaired) electrons. The molecule has 0 aliphatic heterocycles. The van der Waals surface area contributed by atoms with Gasteiger partial charge in [-0.3, -0.25) is 13.9 Å². The van der Waals surface area contributed by atoms with E-state index in [9.17, 15) is 14.7 Å². The number of aromatic hydroxyl groups is 1. The summed E-state index contributed by atoms with van der Waals surface area (Å²) in [5, 5.41) is 10.8. The van der Waals surface area contributed by atoms with Crippen molar-refractivity contribution in [2.75, 3.05) is 7.11 Å². The number of phenolic OH excluding ortho intramolecular Hbond substituents is 1. The van der Waals surface area contributed by atoms with E-state index in [0.29, 0.717) is 33.1 Å². The van der Waals surface area contributed by atoms with Crippen LogP contribution in [0, 0.1) is 0 Å². The minimum atomic E-state index is -0.417. The Labute approximate surface area is 170 Å². The first-order chi connectivity index (χ1) is 13.8. The van der Waals surface area contributed by atoms with Crippen LogP contribution in [0.15, 0.2) is 58.3 Å². The molecule has 2 heterocycles. The van der Waals surface area contributed by atoms with Gasteiger partial charge in [0.2, 0.25) is 0 Å². The van der Waals surface area contributed by atoms with Gasteiger partial charge in [0.1, 0.15) is 11.5 Å². The van der Waals surface area contributed by atoms with Crippen molar-refractivity contribution in [3.8, 4) is 28.4 Å². The molecule has 0 aliphatic carbocycles. The summed E-state index contributed by atoms with van der Waals surface area (Å²) in [6.07, 6.45) is 1.72. The van der Waals surface area contributed by atoms with Crippen LogP contribution in [0.3, 0.4) is 0 Å². The van der Waals surface area contributed by atoms with Gasteiger partial charge in [-0.15, -0.1) is 0 Å². The Morgan fingerprint density at radius 3 is 2.34 bits per heavy atom. The highest BCUT2D eigenvalue weighted by atomic mass is 35.5. The number of aryl methyl sites for hydroxylation is 1. The molecule has 2 aromatic heterocycles. The fraction of sp³-hybridized carbons (Fsp3) is 0.143. The van der Waals surface area contributed by atoms with E-state index in [4.69, 9.17) is 16.3 Å². The highest BCUT2D eigenvalue weighted by Gasteiger charge is 2.21. The molecule has 0 bridgehead atoms. The van der Waals surface area contributed by atoms with Crippen LogP contribution in [0.2, 0.25) is 5.02 Å². The summed E-state index contributed by atoms with van der Waals surface area (Å²) in [4.78, 5) is 25.5. The number of fused-ring (bicyclic) bond motifs is 1. The average Bonchev–Trinajstić information content (AvgIpc) is 3.11. The average molecular weight is 412 g/mol. The lowest BCUT2D eigenvalue weighted by Gasteiger charge is -2.14. The molecule has 0 spiro atoms. The smallest absolute Gasteiger partial charge is 0.330 e. The monoisotopic (exact) mass is 411 g/mol. The number of phenols is 1. The van der Waals surface area contributed by atoms with Crippen molar-refractivity contribution in [3.05, 3.63) is 74.5 Å². The molecular weight excluding hydrogens is 394 g/mol. The third kappa shape index (κ3) is 2.91. The number of ether oxygens (including phenoxy) is 1. The van der Waals surface area contributed by atoms with E-state index in [0.717, 1.165) is 10.1 Å². The molecular formula is C21H18ClN3O4. The molecule has 0 amide bonds. The standard InChI is InChI=1S/C21H18ClN3O4/c1-23-16-11-25(15-9-8-14(26)10-17(15)29-3)19(12-4-6-13(22)7-5-12)18(16)20(27)24(2)21(23)28/h4-11,26H,1-3H3. The molecule has 8 heteroatoms. The third-order valence-electron chi connectivity index (χ3n) is 4.98. The molecule has 148 valence electrons. The molecule has 0 aliphatic rings. The second-order valence-electron chi connectivity index (χ2n) is 6.68. The maximum Gasteiger partial charge on any atom is 0.330 e. The number of methoxy groups -OCH3 is 1. The van der Waals surface area contributed by atoms with Crippen LogP contribution in [0.5, 0.6) is 11.5 Å². The van der Waals surface area contributed by atoms with Gasteiger partial charge in [0, 0.05) is 31.4 Å². The predicted octanol–water partition coefficient (Wildman–Crippen LogP) is 3.06. The molecule has 0 saturated carbocycles. The lowest BCUT2D eigenvalue weighted by molar-refractivity contribution is 0.406. The van der Waals surface area contributed by atoms with Gasteiger partial charge in [0.05, 0.1) is 29.4 Å². The summed E-state index contributed by atoms with van der Waals surface area (Å²) >= 11 is 6.05. The number of halogens is 1. The molecule has 0 atom stereocenters. The van der Waals surface area contributed by atoms with Gasteiger partial charge in [-0.1, -0.05) is 23.7 Å². The maximum atomic E-state index is 13.1. The minimum absolute atomic E-state index is 0.0543. The number of benzene rings is 2. The van der Waals surface area contributed by atoms with Gasteiger partial charge in [0.15, 0.2) is 0 Å². The van der Waals surface area contributed by atoms with Crippen LogP contribution in [0.4, 0.5) is 0 Å². The van der Waals surface area contributed by atoms with E-state index in [1.165, 1.54) is 30.9 Å². The second-order valence-corrected chi connectivity index (χ2v) is 7.11. The molecule has 0 saturated heterocycles. The van der Waals surface area contributed by atoms with E-state index in [-0.39, 0.29) is 5.75 Å². The zero-order chi connectivity index (χ0) is 20.9. The first-order valence-electron chi connectivity index (χ1n) is 8.78. The van der Waals surface area contributed by atoms with Crippen LogP contribution in [0.25, 0.3) is 27.8 Å². The molecule has 4 rings (SSSR count). The minimum Gasteiger partial charge on any atom is -0.508 e. The van der Waals surface area contributed by atoms with Crippen molar-refractivity contribution >= 4 is 22.5 Å². The zero-order valence-corrected chi connectivity index (χ0v) is 16.8. The predicted molar refractivity (Wildman–Crippen MR) is 112 cm³/mol. The van der Waals surface area contributed by atoms with E-state index < -0.39 is 11.2 Å². The van der Waals surface area contributed by atoms with Crippen LogP contribution in [-0.2, 0) is 14.1 Å². The molecule has 7 nitrogen and oxygen atoms in total. The Morgan fingerprint density at radius 2 is 1.69 bits per heavy atom. The highest BCUT2D eigenvalue weighted by molar-refractivity contribution is 6.30. The van der Waals surface area contributed by atoms with Crippen LogP contribution >= 0.6 is 11.6 Å². The summed E-state index contributed by atoms with van der Waals surface area (Å²) in [6.45, 7) is 0. The van der Waals surface area contributed by atoms with Gasteiger partial charge in [-0.25, -0.2) is 4.79 Å². The number of nitrogens with zero attached hydrogens (tertiary/aromatic N) is 3. The molecule has 29 heavy (non-hydrogen) atoms. The second kappa shape index (κ2) is 6.86. The van der Waals surface area contributed by atoms with Gasteiger partial charge >= 0.3 is 5.69 Å². The van der Waals surface area contributed by atoms with Gasteiger partial charge in [0.25, 0.3) is 5.56 Å². The van der Waals surface area contributed by atoms with Gasteiger partial charge in [-0.2, -0.15) is 0 Å². The van der Waals surface area contributed by atoms with Crippen molar-refractivity contribution in [2.45, 2.75) is 0 Å². The Hall–Kier alpha value is -3.45. The summed E-state index contributed by atoms with van der Waals surface area (Å²) in [5.74, 6) is 0.473. The lowest BCUT2D eigenvalue weighted by Crippen LogP contribution is -2.36.